The van der Waals surface area contributed by atoms with Crippen LogP contribution >= 0.6 is 0 Å². The Balaban J connectivity index is 1.81. The molecular formula is C17H24N2O. The van der Waals surface area contributed by atoms with Gasteiger partial charge in [-0.05, 0) is 24.3 Å². The highest BCUT2D eigenvalue weighted by atomic mass is 16.2. The zero-order valence-corrected chi connectivity index (χ0v) is 12.4. The minimum absolute atomic E-state index is 0.00737. The summed E-state index contributed by atoms with van der Waals surface area (Å²) in [6.07, 6.45) is 4.42. The summed E-state index contributed by atoms with van der Waals surface area (Å²) in [5.41, 5.74) is 1.21. The van der Waals surface area contributed by atoms with Crippen LogP contribution in [0.5, 0.6) is 0 Å². The zero-order valence-electron chi connectivity index (χ0n) is 12.4. The lowest BCUT2D eigenvalue weighted by Crippen LogP contribution is -2.33. The number of benzene rings is 1. The smallest absolute Gasteiger partial charge is 0.241 e. The van der Waals surface area contributed by atoms with E-state index in [-0.39, 0.29) is 12.2 Å². The fourth-order valence-corrected chi connectivity index (χ4v) is 3.20. The number of hydrogen-bond donors (Lipinski definition) is 1. The Morgan fingerprint density at radius 1 is 1.30 bits per heavy atom. The lowest BCUT2D eigenvalue weighted by Gasteiger charge is -2.24. The van der Waals surface area contributed by atoms with E-state index < -0.39 is 0 Å². The van der Waals surface area contributed by atoms with E-state index in [0.29, 0.717) is 17.9 Å². The molecule has 0 aromatic heterocycles. The third-order valence-electron chi connectivity index (χ3n) is 4.58. The van der Waals surface area contributed by atoms with Gasteiger partial charge in [0.2, 0.25) is 5.91 Å². The van der Waals surface area contributed by atoms with E-state index in [1.54, 1.807) is 0 Å². The van der Waals surface area contributed by atoms with Crippen molar-refractivity contribution in [2.45, 2.75) is 57.8 Å². The molecule has 0 radical (unpaired) electrons. The van der Waals surface area contributed by atoms with Gasteiger partial charge in [-0.2, -0.15) is 0 Å². The van der Waals surface area contributed by atoms with Crippen LogP contribution in [0.25, 0.3) is 0 Å². The van der Waals surface area contributed by atoms with E-state index in [9.17, 15) is 4.79 Å². The Labute approximate surface area is 121 Å². The monoisotopic (exact) mass is 272 g/mol. The van der Waals surface area contributed by atoms with Gasteiger partial charge < -0.3 is 4.90 Å². The van der Waals surface area contributed by atoms with Crippen LogP contribution in [0.3, 0.4) is 0 Å². The topological polar surface area (TPSA) is 32.3 Å². The first-order chi connectivity index (χ1) is 9.72. The van der Waals surface area contributed by atoms with Crippen molar-refractivity contribution in [2.24, 2.45) is 5.92 Å². The van der Waals surface area contributed by atoms with Crippen molar-refractivity contribution in [3.63, 3.8) is 0 Å². The summed E-state index contributed by atoms with van der Waals surface area (Å²) in [4.78, 5) is 14.8. The number of carbonyl (C=O) groups excluding carboxylic acids is 1. The van der Waals surface area contributed by atoms with Crippen LogP contribution in [0.4, 0.5) is 0 Å². The van der Waals surface area contributed by atoms with Crippen molar-refractivity contribution in [3.05, 3.63) is 35.9 Å². The summed E-state index contributed by atoms with van der Waals surface area (Å²) < 4.78 is 0. The third-order valence-corrected chi connectivity index (χ3v) is 4.58. The summed E-state index contributed by atoms with van der Waals surface area (Å²) in [7, 11) is 0. The molecule has 1 aliphatic heterocycles. The summed E-state index contributed by atoms with van der Waals surface area (Å²) in [6.45, 7) is 4.41. The van der Waals surface area contributed by atoms with Gasteiger partial charge in [0, 0.05) is 6.04 Å². The fraction of sp³-hybridized carbons (Fsp3) is 0.588. The molecule has 1 saturated carbocycles. The van der Waals surface area contributed by atoms with Gasteiger partial charge in [0.05, 0.1) is 6.04 Å². The van der Waals surface area contributed by atoms with E-state index in [1.807, 2.05) is 6.07 Å². The molecule has 1 saturated heterocycles. The molecule has 0 bridgehead atoms. The van der Waals surface area contributed by atoms with Crippen LogP contribution < -0.4 is 5.32 Å². The molecule has 20 heavy (non-hydrogen) atoms. The molecule has 1 aromatic carbocycles. The van der Waals surface area contributed by atoms with Gasteiger partial charge in [-0.15, -0.1) is 0 Å². The number of unbranched alkanes of at least 4 members (excludes halogenated alkanes) is 1. The van der Waals surface area contributed by atoms with Crippen LogP contribution in [0.2, 0.25) is 0 Å². The largest absolute Gasteiger partial charge is 0.318 e. The fourth-order valence-electron chi connectivity index (χ4n) is 3.20. The van der Waals surface area contributed by atoms with Crippen molar-refractivity contribution >= 4 is 5.91 Å². The number of nitrogens with one attached hydrogen (secondary N) is 1. The van der Waals surface area contributed by atoms with Crippen LogP contribution in [0.15, 0.2) is 30.3 Å². The Kier molecular flexibility index (Phi) is 3.79. The Bertz CT molecular complexity index is 473. The summed E-state index contributed by atoms with van der Waals surface area (Å²) >= 11 is 0. The number of nitrogens with zero attached hydrogens (tertiary/aromatic N) is 1. The second-order valence-corrected chi connectivity index (χ2v) is 6.20. The molecule has 1 aromatic rings. The standard InChI is InChI=1S/C17H24N2O/c1-3-4-10-14-17(20)19(15-11-12(15)2)16(18-14)13-8-6-5-7-9-13/h5-9,12,14-16,18H,3-4,10-11H2,1-2H3. The molecule has 2 aliphatic rings. The lowest BCUT2D eigenvalue weighted by molar-refractivity contribution is -0.131. The molecule has 1 amide bonds. The van der Waals surface area contributed by atoms with Gasteiger partial charge in [-0.3, -0.25) is 10.1 Å². The van der Waals surface area contributed by atoms with Crippen molar-refractivity contribution in [1.29, 1.82) is 0 Å². The van der Waals surface area contributed by atoms with Crippen LogP contribution in [0, 0.1) is 5.92 Å². The second kappa shape index (κ2) is 5.57. The molecule has 4 unspecified atom stereocenters. The quantitative estimate of drug-likeness (QED) is 0.893. The van der Waals surface area contributed by atoms with Crippen molar-refractivity contribution in [2.75, 3.05) is 0 Å². The summed E-state index contributed by atoms with van der Waals surface area (Å²) in [5, 5.41) is 3.56. The maximum atomic E-state index is 12.7. The Hall–Kier alpha value is -1.35. The Morgan fingerprint density at radius 3 is 2.60 bits per heavy atom. The zero-order chi connectivity index (χ0) is 14.1. The molecule has 108 valence electrons. The van der Waals surface area contributed by atoms with Gasteiger partial charge in [0.15, 0.2) is 0 Å². The van der Waals surface area contributed by atoms with Crippen molar-refractivity contribution < 1.29 is 4.79 Å². The molecule has 3 heteroatoms. The second-order valence-electron chi connectivity index (χ2n) is 6.20. The van der Waals surface area contributed by atoms with Gasteiger partial charge in [0.25, 0.3) is 0 Å². The third kappa shape index (κ3) is 2.47. The van der Waals surface area contributed by atoms with Crippen molar-refractivity contribution in [1.82, 2.24) is 10.2 Å². The lowest BCUT2D eigenvalue weighted by atomic mass is 10.1. The SMILES string of the molecule is CCCCC1NC(c2ccccc2)N(C2CC2C)C1=O. The molecule has 1 heterocycles. The number of amides is 1. The van der Waals surface area contributed by atoms with E-state index in [1.165, 1.54) is 5.56 Å². The highest BCUT2D eigenvalue weighted by Gasteiger charge is 2.49. The summed E-state index contributed by atoms with van der Waals surface area (Å²) in [6, 6.07) is 10.8. The molecule has 0 spiro atoms. The van der Waals surface area contributed by atoms with E-state index in [4.69, 9.17) is 0 Å². The highest BCUT2D eigenvalue weighted by Crippen LogP contribution is 2.42. The first kappa shape index (κ1) is 13.6. The van der Waals surface area contributed by atoms with Gasteiger partial charge >= 0.3 is 0 Å². The van der Waals surface area contributed by atoms with Crippen LogP contribution in [0.1, 0.15) is 51.3 Å². The molecule has 1 N–H and O–H groups in total. The number of hydrogen-bond acceptors (Lipinski definition) is 2. The van der Waals surface area contributed by atoms with Gasteiger partial charge in [0.1, 0.15) is 6.17 Å². The van der Waals surface area contributed by atoms with Crippen LogP contribution in [-0.2, 0) is 4.79 Å². The maximum absolute atomic E-state index is 12.7. The molecule has 2 fully saturated rings. The average molecular weight is 272 g/mol. The highest BCUT2D eigenvalue weighted by molar-refractivity contribution is 5.85. The van der Waals surface area contributed by atoms with E-state index in [0.717, 1.165) is 25.7 Å². The molecule has 3 rings (SSSR count). The molecule has 3 nitrogen and oxygen atoms in total. The van der Waals surface area contributed by atoms with Crippen LogP contribution in [-0.4, -0.2) is 22.9 Å². The average Bonchev–Trinajstić information content (AvgIpc) is 3.09. The van der Waals surface area contributed by atoms with E-state index in [2.05, 4.69) is 48.3 Å². The first-order valence-electron chi connectivity index (χ1n) is 7.85. The first-order valence-corrected chi connectivity index (χ1v) is 7.85. The predicted molar refractivity (Wildman–Crippen MR) is 80.0 cm³/mol. The van der Waals surface area contributed by atoms with E-state index >= 15 is 0 Å². The predicted octanol–water partition coefficient (Wildman–Crippen LogP) is 3.08. The summed E-state index contributed by atoms with van der Waals surface area (Å²) in [5.74, 6) is 0.957. The number of rotatable bonds is 5. The maximum Gasteiger partial charge on any atom is 0.241 e. The van der Waals surface area contributed by atoms with Gasteiger partial charge in [-0.1, -0.05) is 57.0 Å². The normalized spacial score (nSPS) is 32.7. The molecule has 1 aliphatic carbocycles. The van der Waals surface area contributed by atoms with Gasteiger partial charge in [-0.25, -0.2) is 0 Å². The minimum atomic E-state index is 0.00737. The molecular weight excluding hydrogens is 248 g/mol. The van der Waals surface area contributed by atoms with Crippen molar-refractivity contribution in [3.8, 4) is 0 Å². The number of carbonyl (C=O) groups is 1. The molecule has 4 atom stereocenters. The Morgan fingerprint density at radius 2 is 2.00 bits per heavy atom. The minimum Gasteiger partial charge on any atom is -0.318 e.